The number of halogens is 1. The molecule has 2 aliphatic rings. The lowest BCUT2D eigenvalue weighted by Crippen LogP contribution is -2.39. The molecule has 1 aromatic carbocycles. The van der Waals surface area contributed by atoms with E-state index in [1.807, 2.05) is 0 Å². The predicted molar refractivity (Wildman–Crippen MR) is 75.5 cm³/mol. The molecule has 2 fully saturated rings. The van der Waals surface area contributed by atoms with Crippen LogP contribution in [0.4, 0.5) is 5.69 Å². The summed E-state index contributed by atoms with van der Waals surface area (Å²) in [6.45, 7) is 6.05. The van der Waals surface area contributed by atoms with Crippen LogP contribution in [0.3, 0.4) is 0 Å². The first-order chi connectivity index (χ1) is 8.22. The zero-order chi connectivity index (χ0) is 11.8. The Kier molecular flexibility index (Phi) is 3.14. The molecule has 3 unspecified atom stereocenters. The first-order valence-corrected chi connectivity index (χ1v) is 7.27. The second-order valence-corrected chi connectivity index (χ2v) is 6.26. The number of hydrogen-bond donors (Lipinski definition) is 1. The highest BCUT2D eigenvalue weighted by Crippen LogP contribution is 2.30. The summed E-state index contributed by atoms with van der Waals surface area (Å²) in [7, 11) is 0. The van der Waals surface area contributed by atoms with Gasteiger partial charge in [0.05, 0.1) is 0 Å². The molecule has 2 saturated heterocycles. The maximum absolute atomic E-state index is 3.76. The Morgan fingerprint density at radius 2 is 2.12 bits per heavy atom. The molecule has 1 aromatic rings. The van der Waals surface area contributed by atoms with Gasteiger partial charge < -0.3 is 10.2 Å². The van der Waals surface area contributed by atoms with Crippen LogP contribution in [-0.4, -0.2) is 30.6 Å². The average Bonchev–Trinajstić information content (AvgIpc) is 2.69. The van der Waals surface area contributed by atoms with Crippen LogP contribution in [0, 0.1) is 12.8 Å². The van der Waals surface area contributed by atoms with Gasteiger partial charge in [-0.2, -0.15) is 0 Å². The molecule has 2 nitrogen and oxygen atoms in total. The van der Waals surface area contributed by atoms with E-state index >= 15 is 0 Å². The van der Waals surface area contributed by atoms with Crippen LogP contribution < -0.4 is 5.32 Å². The van der Waals surface area contributed by atoms with Gasteiger partial charge in [0.25, 0.3) is 0 Å². The summed E-state index contributed by atoms with van der Waals surface area (Å²) in [4.78, 5) is 2.59. The monoisotopic (exact) mass is 294 g/mol. The van der Waals surface area contributed by atoms with Crippen molar-refractivity contribution in [1.82, 2.24) is 4.90 Å². The van der Waals surface area contributed by atoms with Crippen LogP contribution in [0.1, 0.15) is 18.4 Å². The summed E-state index contributed by atoms with van der Waals surface area (Å²) < 4.78 is 1.16. The van der Waals surface area contributed by atoms with E-state index < -0.39 is 0 Å². The van der Waals surface area contributed by atoms with Gasteiger partial charge >= 0.3 is 0 Å². The first-order valence-electron chi connectivity index (χ1n) is 6.47. The SMILES string of the molecule is Cc1cc(Br)ccc1NC1CCN2CCC1C2. The first kappa shape index (κ1) is 11.5. The Hall–Kier alpha value is -0.540. The van der Waals surface area contributed by atoms with E-state index in [0.29, 0.717) is 6.04 Å². The maximum atomic E-state index is 3.76. The quantitative estimate of drug-likeness (QED) is 0.901. The summed E-state index contributed by atoms with van der Waals surface area (Å²) in [5, 5.41) is 3.76. The zero-order valence-corrected chi connectivity index (χ0v) is 11.8. The van der Waals surface area contributed by atoms with Gasteiger partial charge in [-0.1, -0.05) is 15.9 Å². The summed E-state index contributed by atoms with van der Waals surface area (Å²) in [5.41, 5.74) is 2.64. The highest BCUT2D eigenvalue weighted by molar-refractivity contribution is 9.10. The van der Waals surface area contributed by atoms with Crippen molar-refractivity contribution in [2.45, 2.75) is 25.8 Å². The minimum absolute atomic E-state index is 0.675. The van der Waals surface area contributed by atoms with Crippen molar-refractivity contribution in [3.8, 4) is 0 Å². The highest BCUT2D eigenvalue weighted by atomic mass is 79.9. The van der Waals surface area contributed by atoms with Crippen LogP contribution in [0.2, 0.25) is 0 Å². The molecule has 3 atom stereocenters. The third-order valence-electron chi connectivity index (χ3n) is 4.16. The Balaban J connectivity index is 1.73. The molecule has 3 heteroatoms. The summed E-state index contributed by atoms with van der Waals surface area (Å²) >= 11 is 3.52. The lowest BCUT2D eigenvalue weighted by molar-refractivity contribution is 0.255. The number of benzene rings is 1. The van der Waals surface area contributed by atoms with Crippen LogP contribution in [0.25, 0.3) is 0 Å². The standard InChI is InChI=1S/C14H19BrN2/c1-10-8-12(15)2-3-13(10)16-14-5-7-17-6-4-11(14)9-17/h2-3,8,11,14,16H,4-7,9H2,1H3. The van der Waals surface area contributed by atoms with Crippen molar-refractivity contribution in [2.75, 3.05) is 25.0 Å². The number of anilines is 1. The minimum Gasteiger partial charge on any atom is -0.382 e. The van der Waals surface area contributed by atoms with E-state index in [9.17, 15) is 0 Å². The number of fused-ring (bicyclic) bond motifs is 2. The third-order valence-corrected chi connectivity index (χ3v) is 4.66. The molecule has 92 valence electrons. The Bertz CT molecular complexity index is 419. The fourth-order valence-corrected chi connectivity index (χ4v) is 3.61. The molecule has 3 rings (SSSR count). The molecule has 0 spiro atoms. The average molecular weight is 295 g/mol. The van der Waals surface area contributed by atoms with Gasteiger partial charge in [0, 0.05) is 29.3 Å². The van der Waals surface area contributed by atoms with Crippen molar-refractivity contribution >= 4 is 21.6 Å². The molecule has 2 aliphatic heterocycles. The van der Waals surface area contributed by atoms with Crippen LogP contribution in [-0.2, 0) is 0 Å². The smallest absolute Gasteiger partial charge is 0.0372 e. The highest BCUT2D eigenvalue weighted by Gasteiger charge is 2.34. The normalized spacial score (nSPS) is 31.5. The van der Waals surface area contributed by atoms with E-state index in [-0.39, 0.29) is 0 Å². The molecular weight excluding hydrogens is 276 g/mol. The second kappa shape index (κ2) is 4.62. The maximum Gasteiger partial charge on any atom is 0.0372 e. The van der Waals surface area contributed by atoms with Gasteiger partial charge in [0.1, 0.15) is 0 Å². The summed E-state index contributed by atoms with van der Waals surface area (Å²) in [6, 6.07) is 7.18. The van der Waals surface area contributed by atoms with Gasteiger partial charge in [-0.3, -0.25) is 0 Å². The Labute approximate surface area is 112 Å². The number of hydrogen-bond acceptors (Lipinski definition) is 2. The number of nitrogens with zero attached hydrogens (tertiary/aromatic N) is 1. The van der Waals surface area contributed by atoms with Gasteiger partial charge in [-0.25, -0.2) is 0 Å². The van der Waals surface area contributed by atoms with Gasteiger partial charge in [-0.15, -0.1) is 0 Å². The molecule has 2 bridgehead atoms. The zero-order valence-electron chi connectivity index (χ0n) is 10.2. The van der Waals surface area contributed by atoms with Crippen LogP contribution >= 0.6 is 15.9 Å². The van der Waals surface area contributed by atoms with Crippen molar-refractivity contribution < 1.29 is 0 Å². The molecule has 0 aromatic heterocycles. The number of aryl methyl sites for hydroxylation is 1. The van der Waals surface area contributed by atoms with E-state index in [0.717, 1.165) is 10.4 Å². The second-order valence-electron chi connectivity index (χ2n) is 5.35. The molecular formula is C14H19BrN2. The third kappa shape index (κ3) is 2.36. The molecule has 0 aliphatic carbocycles. The molecule has 0 radical (unpaired) electrons. The Morgan fingerprint density at radius 1 is 1.29 bits per heavy atom. The van der Waals surface area contributed by atoms with E-state index in [1.165, 1.54) is 43.7 Å². The lowest BCUT2D eigenvalue weighted by Gasteiger charge is -2.32. The predicted octanol–water partition coefficient (Wildman–Crippen LogP) is 3.26. The van der Waals surface area contributed by atoms with Gasteiger partial charge in [-0.05, 0) is 56.0 Å². The van der Waals surface area contributed by atoms with Crippen molar-refractivity contribution in [3.63, 3.8) is 0 Å². The fourth-order valence-electron chi connectivity index (χ4n) is 3.13. The van der Waals surface area contributed by atoms with E-state index in [2.05, 4.69) is 51.3 Å². The summed E-state index contributed by atoms with van der Waals surface area (Å²) in [6.07, 6.45) is 2.66. The van der Waals surface area contributed by atoms with Gasteiger partial charge in [0.15, 0.2) is 0 Å². The fraction of sp³-hybridized carbons (Fsp3) is 0.571. The molecule has 2 heterocycles. The molecule has 1 N–H and O–H groups in total. The number of piperidine rings is 1. The largest absolute Gasteiger partial charge is 0.382 e. The number of rotatable bonds is 2. The topological polar surface area (TPSA) is 15.3 Å². The van der Waals surface area contributed by atoms with E-state index in [4.69, 9.17) is 0 Å². The molecule has 0 saturated carbocycles. The molecule has 17 heavy (non-hydrogen) atoms. The lowest BCUT2D eigenvalue weighted by atomic mass is 9.93. The van der Waals surface area contributed by atoms with E-state index in [1.54, 1.807) is 0 Å². The minimum atomic E-state index is 0.675. The van der Waals surface area contributed by atoms with Crippen LogP contribution in [0.5, 0.6) is 0 Å². The van der Waals surface area contributed by atoms with Crippen LogP contribution in [0.15, 0.2) is 22.7 Å². The van der Waals surface area contributed by atoms with Gasteiger partial charge in [0.2, 0.25) is 0 Å². The van der Waals surface area contributed by atoms with Crippen molar-refractivity contribution in [1.29, 1.82) is 0 Å². The molecule has 0 amide bonds. The Morgan fingerprint density at radius 3 is 2.94 bits per heavy atom. The van der Waals surface area contributed by atoms with Crippen molar-refractivity contribution in [2.24, 2.45) is 5.92 Å². The van der Waals surface area contributed by atoms with Crippen molar-refractivity contribution in [3.05, 3.63) is 28.2 Å². The number of nitrogens with one attached hydrogen (secondary N) is 1. The summed E-state index contributed by atoms with van der Waals surface area (Å²) in [5.74, 6) is 0.854.